The Morgan fingerprint density at radius 2 is 1.97 bits per heavy atom. The highest BCUT2D eigenvalue weighted by Crippen LogP contribution is 2.35. The number of halogens is 2. The van der Waals surface area contributed by atoms with Crippen molar-refractivity contribution < 1.29 is 27.9 Å². The first-order chi connectivity index (χ1) is 17.2. The van der Waals surface area contributed by atoms with Crippen LogP contribution in [0.4, 0.5) is 30.8 Å². The van der Waals surface area contributed by atoms with E-state index in [1.54, 1.807) is 6.20 Å². The first-order valence-corrected chi connectivity index (χ1v) is 11.3. The van der Waals surface area contributed by atoms with Crippen LogP contribution in [0.15, 0.2) is 24.7 Å². The molecule has 2 amide bonds. The predicted molar refractivity (Wildman–Crippen MR) is 127 cm³/mol. The van der Waals surface area contributed by atoms with E-state index in [2.05, 4.69) is 30.5 Å². The van der Waals surface area contributed by atoms with Crippen LogP contribution in [0.25, 0.3) is 5.52 Å². The molecule has 0 aliphatic carbocycles. The number of likely N-dealkylation sites (tertiary alicyclic amines) is 1. The van der Waals surface area contributed by atoms with Gasteiger partial charge in [-0.15, -0.1) is 0 Å². The highest BCUT2D eigenvalue weighted by Gasteiger charge is 2.26. The molecule has 4 rings (SSSR count). The number of benzene rings is 1. The smallest absolute Gasteiger partial charge is 0.412 e. The van der Waals surface area contributed by atoms with E-state index in [9.17, 15) is 18.4 Å². The summed E-state index contributed by atoms with van der Waals surface area (Å²) >= 11 is 0. The minimum atomic E-state index is -1.05. The number of carbonyl (C=O) groups is 2. The Balaban J connectivity index is 1.67. The lowest BCUT2D eigenvalue weighted by Crippen LogP contribution is -2.25. The number of hydrogen-bond donors (Lipinski definition) is 3. The van der Waals surface area contributed by atoms with E-state index in [1.807, 2.05) is 26.4 Å². The topological polar surface area (TPSA) is 122 Å². The fraction of sp³-hybridized carbons (Fsp3) is 0.391. The van der Waals surface area contributed by atoms with Crippen LogP contribution in [0.1, 0.15) is 42.1 Å². The van der Waals surface area contributed by atoms with Crippen LogP contribution >= 0.6 is 0 Å². The maximum absolute atomic E-state index is 14.6. The monoisotopic (exact) mass is 503 g/mol. The first kappa shape index (κ1) is 25.3. The van der Waals surface area contributed by atoms with Gasteiger partial charge in [0.2, 0.25) is 0 Å². The SMILES string of the molecule is CONC(=O)c1cc(Nc2ncnn3cc(NC(=O)OC4CCN(C)C4)c(C(C)C)c23)c(F)cc1F. The summed E-state index contributed by atoms with van der Waals surface area (Å²) in [7, 11) is 3.16. The lowest BCUT2D eigenvalue weighted by atomic mass is 10.0. The lowest BCUT2D eigenvalue weighted by Gasteiger charge is -2.15. The zero-order chi connectivity index (χ0) is 26.0. The van der Waals surface area contributed by atoms with Crippen LogP contribution in [0.3, 0.4) is 0 Å². The van der Waals surface area contributed by atoms with E-state index < -0.39 is 29.2 Å². The molecule has 3 N–H and O–H groups in total. The van der Waals surface area contributed by atoms with Gasteiger partial charge in [-0.1, -0.05) is 13.8 Å². The molecule has 1 aliphatic rings. The van der Waals surface area contributed by atoms with Crippen molar-refractivity contribution in [3.63, 3.8) is 0 Å². The Morgan fingerprint density at radius 1 is 1.19 bits per heavy atom. The molecule has 1 fully saturated rings. The van der Waals surface area contributed by atoms with Crippen molar-refractivity contribution in [1.29, 1.82) is 0 Å². The molecule has 1 saturated heterocycles. The molecule has 13 heteroatoms. The molecular weight excluding hydrogens is 476 g/mol. The number of nitrogens with zero attached hydrogens (tertiary/aromatic N) is 4. The Labute approximate surface area is 205 Å². The quantitative estimate of drug-likeness (QED) is 0.420. The number of amides is 2. The number of likely N-dealkylation sites (N-methyl/N-ethyl adjacent to an activating group) is 1. The van der Waals surface area contributed by atoms with Gasteiger partial charge in [-0.3, -0.25) is 14.9 Å². The van der Waals surface area contributed by atoms with Crippen molar-refractivity contribution in [3.8, 4) is 0 Å². The van der Waals surface area contributed by atoms with Crippen LogP contribution in [0.2, 0.25) is 0 Å². The first-order valence-electron chi connectivity index (χ1n) is 11.3. The van der Waals surface area contributed by atoms with E-state index in [4.69, 9.17) is 4.74 Å². The number of rotatable bonds is 7. The van der Waals surface area contributed by atoms with E-state index in [0.29, 0.717) is 29.4 Å². The number of anilines is 3. The average Bonchev–Trinajstić information content (AvgIpc) is 3.38. The van der Waals surface area contributed by atoms with Gasteiger partial charge in [-0.05, 0) is 25.5 Å². The summed E-state index contributed by atoms with van der Waals surface area (Å²) in [5, 5.41) is 9.81. The van der Waals surface area contributed by atoms with E-state index in [0.717, 1.165) is 19.0 Å². The van der Waals surface area contributed by atoms with E-state index >= 15 is 0 Å². The van der Waals surface area contributed by atoms with Crippen LogP contribution in [0.5, 0.6) is 0 Å². The third-order valence-corrected chi connectivity index (χ3v) is 5.80. The van der Waals surface area contributed by atoms with Crippen LogP contribution in [-0.4, -0.2) is 64.8 Å². The summed E-state index contributed by atoms with van der Waals surface area (Å²) in [4.78, 5) is 35.5. The van der Waals surface area contributed by atoms with Crippen molar-refractivity contribution in [1.82, 2.24) is 25.0 Å². The fourth-order valence-electron chi connectivity index (χ4n) is 4.19. The van der Waals surface area contributed by atoms with Crippen molar-refractivity contribution in [3.05, 3.63) is 47.4 Å². The Kier molecular flexibility index (Phi) is 7.31. The second-order valence-electron chi connectivity index (χ2n) is 8.79. The van der Waals surface area contributed by atoms with Gasteiger partial charge in [0.05, 0.1) is 30.2 Å². The number of nitrogens with one attached hydrogen (secondary N) is 3. The maximum atomic E-state index is 14.6. The second-order valence-corrected chi connectivity index (χ2v) is 8.79. The van der Waals surface area contributed by atoms with Gasteiger partial charge in [0.15, 0.2) is 5.82 Å². The molecule has 1 atom stereocenters. The third-order valence-electron chi connectivity index (χ3n) is 5.80. The molecule has 3 heterocycles. The molecule has 11 nitrogen and oxygen atoms in total. The van der Waals surface area contributed by atoms with Gasteiger partial charge in [0.25, 0.3) is 5.91 Å². The molecule has 192 valence electrons. The maximum Gasteiger partial charge on any atom is 0.412 e. The Bertz CT molecular complexity index is 1300. The van der Waals surface area contributed by atoms with Crippen molar-refractivity contribution in [2.45, 2.75) is 32.3 Å². The van der Waals surface area contributed by atoms with Gasteiger partial charge in [-0.25, -0.2) is 28.6 Å². The van der Waals surface area contributed by atoms with Gasteiger partial charge in [0.1, 0.15) is 29.6 Å². The predicted octanol–water partition coefficient (Wildman–Crippen LogP) is 3.42. The molecule has 3 aromatic rings. The van der Waals surface area contributed by atoms with Crippen LogP contribution in [0, 0.1) is 11.6 Å². The lowest BCUT2D eigenvalue weighted by molar-refractivity contribution is 0.0533. The van der Waals surface area contributed by atoms with Crippen molar-refractivity contribution >= 4 is 34.7 Å². The fourth-order valence-corrected chi connectivity index (χ4v) is 4.19. The molecule has 2 aromatic heterocycles. The molecule has 1 aromatic carbocycles. The summed E-state index contributed by atoms with van der Waals surface area (Å²) in [6, 6.07) is 1.61. The average molecular weight is 504 g/mol. The molecule has 0 spiro atoms. The highest BCUT2D eigenvalue weighted by molar-refractivity contribution is 5.95. The molecule has 1 aliphatic heterocycles. The number of hydrogen-bond acceptors (Lipinski definition) is 8. The number of fused-ring (bicyclic) bond motifs is 1. The zero-order valence-electron chi connectivity index (χ0n) is 20.3. The number of aromatic nitrogens is 3. The van der Waals surface area contributed by atoms with E-state index in [-0.39, 0.29) is 23.5 Å². The molecule has 0 bridgehead atoms. The number of carbonyl (C=O) groups excluding carboxylic acids is 2. The highest BCUT2D eigenvalue weighted by atomic mass is 19.1. The summed E-state index contributed by atoms with van der Waals surface area (Å²) in [6.07, 6.45) is 2.83. The number of hydroxylamine groups is 1. The van der Waals surface area contributed by atoms with Crippen molar-refractivity contribution in [2.75, 3.05) is 37.9 Å². The molecular formula is C23H27F2N7O4. The van der Waals surface area contributed by atoms with Gasteiger partial charge >= 0.3 is 6.09 Å². The number of ether oxygens (including phenoxy) is 1. The molecule has 0 radical (unpaired) electrons. The largest absolute Gasteiger partial charge is 0.445 e. The zero-order valence-corrected chi connectivity index (χ0v) is 20.3. The van der Waals surface area contributed by atoms with Gasteiger partial charge in [0, 0.05) is 24.7 Å². The van der Waals surface area contributed by atoms with E-state index in [1.165, 1.54) is 18.0 Å². The Hall–Kier alpha value is -3.84. The molecule has 1 unspecified atom stereocenters. The minimum Gasteiger partial charge on any atom is -0.445 e. The normalized spacial score (nSPS) is 15.9. The summed E-state index contributed by atoms with van der Waals surface area (Å²) < 4.78 is 35.8. The second kappa shape index (κ2) is 10.4. The Morgan fingerprint density at radius 3 is 2.64 bits per heavy atom. The standard InChI is InChI=1S/C23H27F2N7O4/c1-12(2)19-18(29-23(34)36-13-5-6-31(3)9-13)10-32-20(19)21(26-11-27-32)28-17-7-14(22(33)30-35-4)15(24)8-16(17)25/h7-8,10-13H,5-6,9H2,1-4H3,(H,29,34)(H,30,33)(H,26,27,28). The summed E-state index contributed by atoms with van der Waals surface area (Å²) in [5.41, 5.74) is 3.00. The summed E-state index contributed by atoms with van der Waals surface area (Å²) in [5.74, 6) is -2.77. The summed E-state index contributed by atoms with van der Waals surface area (Å²) in [6.45, 7) is 5.35. The molecule has 0 saturated carbocycles. The van der Waals surface area contributed by atoms with Crippen LogP contribution in [-0.2, 0) is 9.57 Å². The van der Waals surface area contributed by atoms with Gasteiger partial charge in [-0.2, -0.15) is 5.10 Å². The van der Waals surface area contributed by atoms with Gasteiger partial charge < -0.3 is 15.0 Å². The minimum absolute atomic E-state index is 0.101. The van der Waals surface area contributed by atoms with Crippen LogP contribution < -0.4 is 16.1 Å². The third kappa shape index (κ3) is 5.21. The molecule has 36 heavy (non-hydrogen) atoms. The van der Waals surface area contributed by atoms with Crippen molar-refractivity contribution in [2.24, 2.45) is 0 Å².